The SMILES string of the molecule is Cn1ccc(-c2cnn3c(N)c(Br)c(N4CCN5C(=O)NC(=O)C5C4)nc23)c1. The first-order valence-corrected chi connectivity index (χ1v) is 9.55. The largest absolute Gasteiger partial charge is 0.383 e. The van der Waals surface area contributed by atoms with Crippen molar-refractivity contribution < 1.29 is 9.59 Å². The number of nitrogens with zero attached hydrogens (tertiary/aromatic N) is 6. The third-order valence-corrected chi connectivity index (χ3v) is 5.98. The fraction of sp³-hybridized carbons (Fsp3) is 0.294. The Morgan fingerprint density at radius 1 is 1.32 bits per heavy atom. The lowest BCUT2D eigenvalue weighted by atomic mass is 10.2. The minimum absolute atomic E-state index is 0.283. The first kappa shape index (κ1) is 17.0. The number of urea groups is 1. The Morgan fingerprint density at radius 2 is 2.14 bits per heavy atom. The molecule has 10 nitrogen and oxygen atoms in total. The Balaban J connectivity index is 1.59. The lowest BCUT2D eigenvalue weighted by Gasteiger charge is -2.36. The second-order valence-electron chi connectivity index (χ2n) is 6.94. The van der Waals surface area contributed by atoms with E-state index in [4.69, 9.17) is 10.7 Å². The van der Waals surface area contributed by atoms with Gasteiger partial charge in [-0.1, -0.05) is 0 Å². The molecule has 0 spiro atoms. The van der Waals surface area contributed by atoms with E-state index in [2.05, 4.69) is 26.3 Å². The number of aromatic nitrogens is 4. The van der Waals surface area contributed by atoms with Gasteiger partial charge in [0.25, 0.3) is 5.91 Å². The summed E-state index contributed by atoms with van der Waals surface area (Å²) in [5.74, 6) is 0.778. The molecule has 3 N–H and O–H groups in total. The number of aryl methyl sites for hydroxylation is 1. The van der Waals surface area contributed by atoms with Gasteiger partial charge in [-0.15, -0.1) is 0 Å². The summed E-state index contributed by atoms with van der Waals surface area (Å²) in [4.78, 5) is 32.3. The van der Waals surface area contributed by atoms with E-state index in [0.29, 0.717) is 41.4 Å². The topological polar surface area (TPSA) is 114 Å². The standard InChI is InChI=1S/C17H17BrN8O2/c1-23-3-2-9(7-23)10-6-20-26-13(19)12(18)15(21-14(10)26)24-4-5-25-11(8-24)16(27)22-17(25)28/h2-3,6-7,11H,4-5,8,19H2,1H3,(H,22,27,28). The monoisotopic (exact) mass is 444 g/mol. The summed E-state index contributed by atoms with van der Waals surface area (Å²) in [7, 11) is 1.95. The molecule has 3 aromatic heterocycles. The lowest BCUT2D eigenvalue weighted by molar-refractivity contribution is -0.121. The molecular weight excluding hydrogens is 428 g/mol. The summed E-state index contributed by atoms with van der Waals surface area (Å²) in [5.41, 5.74) is 8.81. The summed E-state index contributed by atoms with van der Waals surface area (Å²) >= 11 is 3.53. The average Bonchev–Trinajstić information content (AvgIpc) is 3.36. The average molecular weight is 445 g/mol. The summed E-state index contributed by atoms with van der Waals surface area (Å²) in [5, 5.41) is 6.74. The van der Waals surface area contributed by atoms with Crippen molar-refractivity contribution in [3.63, 3.8) is 0 Å². The zero-order valence-electron chi connectivity index (χ0n) is 15.0. The summed E-state index contributed by atoms with van der Waals surface area (Å²) < 4.78 is 4.16. The molecule has 2 saturated heterocycles. The second kappa shape index (κ2) is 5.96. The molecular formula is C17H17BrN8O2. The van der Waals surface area contributed by atoms with Crippen LogP contribution in [-0.2, 0) is 11.8 Å². The van der Waals surface area contributed by atoms with Gasteiger partial charge < -0.3 is 20.1 Å². The minimum Gasteiger partial charge on any atom is -0.383 e. The van der Waals surface area contributed by atoms with Crippen LogP contribution in [0.3, 0.4) is 0 Å². The molecule has 2 fully saturated rings. The highest BCUT2D eigenvalue weighted by Gasteiger charge is 2.42. The minimum atomic E-state index is -0.522. The maximum absolute atomic E-state index is 12.1. The van der Waals surface area contributed by atoms with Gasteiger partial charge in [0.15, 0.2) is 5.65 Å². The molecule has 0 bridgehead atoms. The third kappa shape index (κ3) is 2.39. The van der Waals surface area contributed by atoms with Gasteiger partial charge in [-0.2, -0.15) is 9.61 Å². The number of nitrogen functional groups attached to an aromatic ring is 1. The number of amides is 3. The van der Waals surface area contributed by atoms with Crippen molar-refractivity contribution in [3.05, 3.63) is 29.1 Å². The Hall–Kier alpha value is -3.08. The van der Waals surface area contributed by atoms with Crippen molar-refractivity contribution in [1.82, 2.24) is 29.4 Å². The predicted molar refractivity (Wildman–Crippen MR) is 106 cm³/mol. The number of hydrogen-bond donors (Lipinski definition) is 2. The number of nitrogens with one attached hydrogen (secondary N) is 1. The number of piperazine rings is 1. The van der Waals surface area contributed by atoms with E-state index >= 15 is 0 Å². The highest BCUT2D eigenvalue weighted by Crippen LogP contribution is 2.35. The van der Waals surface area contributed by atoms with Gasteiger partial charge in [-0.3, -0.25) is 10.1 Å². The maximum Gasteiger partial charge on any atom is 0.324 e. The van der Waals surface area contributed by atoms with Crippen LogP contribution in [0.15, 0.2) is 29.1 Å². The van der Waals surface area contributed by atoms with Crippen LogP contribution in [0.4, 0.5) is 16.4 Å². The fourth-order valence-electron chi connectivity index (χ4n) is 3.76. The van der Waals surface area contributed by atoms with Gasteiger partial charge in [0.1, 0.15) is 22.2 Å². The Kier molecular flexibility index (Phi) is 3.63. The molecule has 28 heavy (non-hydrogen) atoms. The highest BCUT2D eigenvalue weighted by atomic mass is 79.9. The van der Waals surface area contributed by atoms with E-state index in [1.165, 1.54) is 0 Å². The fourth-order valence-corrected chi connectivity index (χ4v) is 4.27. The van der Waals surface area contributed by atoms with Gasteiger partial charge in [0, 0.05) is 50.2 Å². The number of nitrogens with two attached hydrogens (primary N) is 1. The number of carbonyl (C=O) groups excluding carboxylic acids is 2. The molecule has 1 atom stereocenters. The molecule has 0 saturated carbocycles. The van der Waals surface area contributed by atoms with Crippen LogP contribution in [-0.4, -0.2) is 61.7 Å². The van der Waals surface area contributed by atoms with Crippen molar-refractivity contribution in [2.45, 2.75) is 6.04 Å². The van der Waals surface area contributed by atoms with Crippen molar-refractivity contribution in [1.29, 1.82) is 0 Å². The highest BCUT2D eigenvalue weighted by molar-refractivity contribution is 9.10. The summed E-state index contributed by atoms with van der Waals surface area (Å²) in [6.45, 7) is 1.34. The van der Waals surface area contributed by atoms with Crippen LogP contribution < -0.4 is 16.0 Å². The van der Waals surface area contributed by atoms with E-state index in [-0.39, 0.29) is 11.9 Å². The van der Waals surface area contributed by atoms with Crippen LogP contribution in [0.25, 0.3) is 16.8 Å². The van der Waals surface area contributed by atoms with E-state index in [9.17, 15) is 9.59 Å². The lowest BCUT2D eigenvalue weighted by Crippen LogP contribution is -2.53. The first-order chi connectivity index (χ1) is 13.4. The molecule has 3 amide bonds. The second-order valence-corrected chi connectivity index (χ2v) is 7.74. The van der Waals surface area contributed by atoms with Gasteiger partial charge in [0.2, 0.25) is 0 Å². The number of fused-ring (bicyclic) bond motifs is 2. The van der Waals surface area contributed by atoms with Gasteiger partial charge in [0.05, 0.1) is 6.20 Å². The van der Waals surface area contributed by atoms with Crippen molar-refractivity contribution >= 4 is 45.2 Å². The molecule has 0 aromatic carbocycles. The normalized spacial score (nSPS) is 19.4. The molecule has 0 aliphatic carbocycles. The molecule has 2 aliphatic rings. The molecule has 144 valence electrons. The maximum atomic E-state index is 12.1. The van der Waals surface area contributed by atoms with E-state index in [1.54, 1.807) is 15.6 Å². The van der Waals surface area contributed by atoms with Crippen LogP contribution in [0.1, 0.15) is 0 Å². The number of halogens is 1. The Labute approximate surface area is 168 Å². The number of carbonyl (C=O) groups is 2. The van der Waals surface area contributed by atoms with Gasteiger partial charge in [-0.25, -0.2) is 9.78 Å². The molecule has 2 aliphatic heterocycles. The molecule has 3 aromatic rings. The van der Waals surface area contributed by atoms with Crippen molar-refractivity contribution in [3.8, 4) is 11.1 Å². The van der Waals surface area contributed by atoms with E-state index < -0.39 is 6.04 Å². The zero-order valence-corrected chi connectivity index (χ0v) is 16.5. The molecule has 0 radical (unpaired) electrons. The Morgan fingerprint density at radius 3 is 2.89 bits per heavy atom. The van der Waals surface area contributed by atoms with Crippen LogP contribution >= 0.6 is 15.9 Å². The number of imide groups is 1. The smallest absolute Gasteiger partial charge is 0.324 e. The quantitative estimate of drug-likeness (QED) is 0.565. The summed E-state index contributed by atoms with van der Waals surface area (Å²) in [6.07, 6.45) is 5.69. The van der Waals surface area contributed by atoms with Gasteiger partial charge in [-0.05, 0) is 22.0 Å². The third-order valence-electron chi connectivity index (χ3n) is 5.22. The van der Waals surface area contributed by atoms with Crippen LogP contribution in [0, 0.1) is 0 Å². The van der Waals surface area contributed by atoms with E-state index in [0.717, 1.165) is 11.1 Å². The van der Waals surface area contributed by atoms with E-state index in [1.807, 2.05) is 35.0 Å². The first-order valence-electron chi connectivity index (χ1n) is 8.75. The molecule has 5 rings (SSSR count). The van der Waals surface area contributed by atoms with Crippen molar-refractivity contribution in [2.75, 3.05) is 30.3 Å². The zero-order chi connectivity index (χ0) is 19.6. The molecule has 11 heteroatoms. The number of hydrogen-bond acceptors (Lipinski definition) is 6. The van der Waals surface area contributed by atoms with Crippen molar-refractivity contribution in [2.24, 2.45) is 7.05 Å². The van der Waals surface area contributed by atoms with Crippen LogP contribution in [0.5, 0.6) is 0 Å². The summed E-state index contributed by atoms with van der Waals surface area (Å²) in [6, 6.07) is 1.13. The molecule has 5 heterocycles. The predicted octanol–water partition coefficient (Wildman–Crippen LogP) is 0.820. The number of rotatable bonds is 2. The molecule has 1 unspecified atom stereocenters. The van der Waals surface area contributed by atoms with Crippen LogP contribution in [0.2, 0.25) is 0 Å². The van der Waals surface area contributed by atoms with Gasteiger partial charge >= 0.3 is 6.03 Å². The number of anilines is 2. The Bertz CT molecular complexity index is 1140.